The first-order valence-corrected chi connectivity index (χ1v) is 15.7. The van der Waals surface area contributed by atoms with Gasteiger partial charge in [0.15, 0.2) is 0 Å². The minimum absolute atomic E-state index is 0.114. The maximum atomic E-state index is 13.9. The average molecular weight is 626 g/mol. The Morgan fingerprint density at radius 1 is 1.04 bits per heavy atom. The van der Waals surface area contributed by atoms with Crippen molar-refractivity contribution in [3.63, 3.8) is 0 Å². The van der Waals surface area contributed by atoms with E-state index in [4.69, 9.17) is 4.74 Å². The molecule has 0 unspecified atom stereocenters. The summed E-state index contributed by atoms with van der Waals surface area (Å²) in [7, 11) is 1.65. The van der Waals surface area contributed by atoms with Gasteiger partial charge in [0.1, 0.15) is 23.0 Å². The first-order chi connectivity index (χ1) is 22.3. The molecule has 0 atom stereocenters. The number of piperazine rings is 1. The number of hydrogen-bond donors (Lipinski definition) is 2. The van der Waals surface area contributed by atoms with Gasteiger partial charge in [0, 0.05) is 69.5 Å². The average Bonchev–Trinajstić information content (AvgIpc) is 3.17. The molecule has 0 bridgehead atoms. The highest BCUT2D eigenvalue weighted by molar-refractivity contribution is 6.06. The molecular formula is C34H39N7O5. The molecule has 0 saturated carbocycles. The van der Waals surface area contributed by atoms with E-state index in [9.17, 15) is 19.5 Å². The summed E-state index contributed by atoms with van der Waals surface area (Å²) in [6.07, 6.45) is 10.7. The summed E-state index contributed by atoms with van der Waals surface area (Å²) in [5, 5.41) is 13.7. The van der Waals surface area contributed by atoms with Crippen molar-refractivity contribution in [1.82, 2.24) is 24.3 Å². The summed E-state index contributed by atoms with van der Waals surface area (Å²) in [5.74, 6) is 0.509. The number of fused-ring (bicyclic) bond motifs is 1. The van der Waals surface area contributed by atoms with Gasteiger partial charge >= 0.3 is 0 Å². The van der Waals surface area contributed by atoms with Gasteiger partial charge in [0.05, 0.1) is 25.4 Å². The summed E-state index contributed by atoms with van der Waals surface area (Å²) in [5.41, 5.74) is 3.76. The molecule has 0 aromatic carbocycles. The molecule has 2 saturated heterocycles. The molecule has 3 aromatic heterocycles. The summed E-state index contributed by atoms with van der Waals surface area (Å²) >= 11 is 0. The Hall–Kier alpha value is -4.81. The first kappa shape index (κ1) is 31.2. The zero-order chi connectivity index (χ0) is 32.2. The van der Waals surface area contributed by atoms with Crippen molar-refractivity contribution in [1.29, 1.82) is 0 Å². The molecular weight excluding hydrogens is 586 g/mol. The van der Waals surface area contributed by atoms with Crippen molar-refractivity contribution in [3.05, 3.63) is 88.3 Å². The maximum Gasteiger partial charge on any atom is 0.275 e. The second-order valence-electron chi connectivity index (χ2n) is 11.8. The SMILES string of the molecule is C=C1/C=C2/C(=O)N(c3nccc(-c4cc(Nc5ccc(C(=O)N6CCOCC6)cn5)c(=O)n(C)c4)c3CO)CCN2CCCCC1. The number of rotatable bonds is 6. The molecule has 240 valence electrons. The second-order valence-corrected chi connectivity index (χ2v) is 11.8. The summed E-state index contributed by atoms with van der Waals surface area (Å²) in [6, 6.07) is 6.81. The highest BCUT2D eigenvalue weighted by Gasteiger charge is 2.33. The fraction of sp³-hybridized carbons (Fsp3) is 0.382. The number of nitrogens with one attached hydrogen (secondary N) is 1. The lowest BCUT2D eigenvalue weighted by Gasteiger charge is -2.37. The molecule has 12 heteroatoms. The van der Waals surface area contributed by atoms with Crippen LogP contribution in [-0.4, -0.2) is 87.2 Å². The number of allylic oxidation sites excluding steroid dienone is 2. The van der Waals surface area contributed by atoms with E-state index in [0.29, 0.717) is 79.0 Å². The van der Waals surface area contributed by atoms with E-state index in [-0.39, 0.29) is 29.7 Å². The summed E-state index contributed by atoms with van der Waals surface area (Å²) in [4.78, 5) is 54.3. The number of morpholine rings is 1. The molecule has 46 heavy (non-hydrogen) atoms. The maximum absolute atomic E-state index is 13.9. The molecule has 3 aliphatic heterocycles. The van der Waals surface area contributed by atoms with Crippen LogP contribution < -0.4 is 15.8 Å². The number of carbonyl (C=O) groups excluding carboxylic acids is 2. The summed E-state index contributed by atoms with van der Waals surface area (Å²) < 4.78 is 6.78. The quantitative estimate of drug-likeness (QED) is 0.424. The minimum atomic E-state index is -0.358. The number of aliphatic hydroxyl groups excluding tert-OH is 1. The van der Waals surface area contributed by atoms with Crippen LogP contribution in [0.1, 0.15) is 41.6 Å². The predicted octanol–water partition coefficient (Wildman–Crippen LogP) is 3.21. The van der Waals surface area contributed by atoms with Gasteiger partial charge in [0.25, 0.3) is 17.4 Å². The van der Waals surface area contributed by atoms with E-state index < -0.39 is 0 Å². The molecule has 2 fully saturated rings. The van der Waals surface area contributed by atoms with Gasteiger partial charge in [-0.25, -0.2) is 9.97 Å². The predicted molar refractivity (Wildman–Crippen MR) is 175 cm³/mol. The lowest BCUT2D eigenvalue weighted by atomic mass is 10.0. The van der Waals surface area contributed by atoms with Crippen LogP contribution in [0, 0.1) is 0 Å². The molecule has 2 N–H and O–H groups in total. The molecule has 3 aromatic rings. The van der Waals surface area contributed by atoms with Gasteiger partial charge in [-0.3, -0.25) is 19.3 Å². The van der Waals surface area contributed by atoms with Crippen molar-refractivity contribution in [2.45, 2.75) is 32.3 Å². The third-order valence-corrected chi connectivity index (χ3v) is 8.68. The number of aromatic nitrogens is 3. The van der Waals surface area contributed by atoms with E-state index in [0.717, 1.165) is 37.8 Å². The zero-order valence-corrected chi connectivity index (χ0v) is 26.1. The van der Waals surface area contributed by atoms with Crippen LogP contribution >= 0.6 is 0 Å². The third-order valence-electron chi connectivity index (χ3n) is 8.68. The van der Waals surface area contributed by atoms with Crippen molar-refractivity contribution < 1.29 is 19.4 Å². The molecule has 2 amide bonds. The monoisotopic (exact) mass is 625 g/mol. The summed E-state index contributed by atoms with van der Waals surface area (Å²) in [6.45, 7) is 7.79. The lowest BCUT2D eigenvalue weighted by Crippen LogP contribution is -2.49. The van der Waals surface area contributed by atoms with Crippen LogP contribution in [-0.2, 0) is 23.2 Å². The highest BCUT2D eigenvalue weighted by atomic mass is 16.5. The number of aliphatic hydroxyl groups is 1. The molecule has 6 rings (SSSR count). The highest BCUT2D eigenvalue weighted by Crippen LogP contribution is 2.33. The fourth-order valence-electron chi connectivity index (χ4n) is 6.17. The fourth-order valence-corrected chi connectivity index (χ4v) is 6.17. The number of ether oxygens (including phenoxy) is 1. The van der Waals surface area contributed by atoms with Crippen LogP contribution in [0.5, 0.6) is 0 Å². The number of hydrogen-bond acceptors (Lipinski definition) is 9. The van der Waals surface area contributed by atoms with Crippen LogP contribution in [0.4, 0.5) is 17.3 Å². The van der Waals surface area contributed by atoms with Crippen molar-refractivity contribution in [2.24, 2.45) is 7.05 Å². The molecule has 12 nitrogen and oxygen atoms in total. The van der Waals surface area contributed by atoms with Crippen LogP contribution in [0.15, 0.2) is 71.6 Å². The first-order valence-electron chi connectivity index (χ1n) is 15.7. The Morgan fingerprint density at radius 2 is 1.87 bits per heavy atom. The zero-order valence-electron chi connectivity index (χ0n) is 26.1. The number of carbonyl (C=O) groups is 2. The van der Waals surface area contributed by atoms with Crippen LogP contribution in [0.25, 0.3) is 11.1 Å². The van der Waals surface area contributed by atoms with E-state index in [1.165, 1.54) is 10.8 Å². The van der Waals surface area contributed by atoms with Crippen molar-refractivity contribution in [3.8, 4) is 11.1 Å². The number of nitrogens with zero attached hydrogens (tertiary/aromatic N) is 6. The molecule has 0 radical (unpaired) electrons. The van der Waals surface area contributed by atoms with Crippen LogP contribution in [0.2, 0.25) is 0 Å². The standard InChI is InChI=1S/C34H39N7O5/c1-23-6-4-3-5-11-39-12-13-41(34(45)29(39)18-23)31-27(22-42)26(9-10-35-31)25-19-28(33(44)38(2)21-25)37-30-8-7-24(20-36-30)32(43)40-14-16-46-17-15-40/h7-10,18-21,42H,1,3-6,11-17,22H2,2H3,(H,36,37)/b29-18-. The van der Waals surface area contributed by atoms with Gasteiger partial charge in [-0.2, -0.15) is 0 Å². The number of pyridine rings is 3. The van der Waals surface area contributed by atoms with Gasteiger partial charge in [-0.15, -0.1) is 0 Å². The molecule has 0 aliphatic carbocycles. The number of amides is 2. The van der Waals surface area contributed by atoms with E-state index in [2.05, 4.69) is 26.8 Å². The van der Waals surface area contributed by atoms with Crippen molar-refractivity contribution >= 4 is 29.1 Å². The lowest BCUT2D eigenvalue weighted by molar-refractivity contribution is -0.117. The number of anilines is 3. The molecule has 3 aliphatic rings. The Labute approximate surface area is 267 Å². The van der Waals surface area contributed by atoms with Gasteiger partial charge in [-0.05, 0) is 55.2 Å². The molecule has 6 heterocycles. The Kier molecular flexibility index (Phi) is 9.27. The second kappa shape index (κ2) is 13.7. The largest absolute Gasteiger partial charge is 0.392 e. The van der Waals surface area contributed by atoms with Gasteiger partial charge in [0.2, 0.25) is 0 Å². The van der Waals surface area contributed by atoms with E-state index in [1.54, 1.807) is 53.5 Å². The van der Waals surface area contributed by atoms with E-state index >= 15 is 0 Å². The van der Waals surface area contributed by atoms with Gasteiger partial charge in [-0.1, -0.05) is 18.6 Å². The third kappa shape index (κ3) is 6.44. The minimum Gasteiger partial charge on any atom is -0.392 e. The van der Waals surface area contributed by atoms with Crippen LogP contribution in [0.3, 0.4) is 0 Å². The smallest absolute Gasteiger partial charge is 0.275 e. The Balaban J connectivity index is 1.28. The van der Waals surface area contributed by atoms with Crippen molar-refractivity contribution in [2.75, 3.05) is 56.2 Å². The number of aryl methyl sites for hydroxylation is 1. The van der Waals surface area contributed by atoms with Gasteiger partial charge < -0.3 is 29.5 Å². The Bertz CT molecular complexity index is 1730. The normalized spacial score (nSPS) is 18.7. The Morgan fingerprint density at radius 3 is 2.63 bits per heavy atom. The van der Waals surface area contributed by atoms with E-state index in [1.807, 2.05) is 6.08 Å². The topological polar surface area (TPSA) is 133 Å². The molecule has 0 spiro atoms.